The summed E-state index contributed by atoms with van der Waals surface area (Å²) in [5.74, 6) is 0.480. The molecule has 24 heavy (non-hydrogen) atoms. The number of benzene rings is 1. The number of aromatic nitrogens is 4. The standard InChI is InChI=1S/C16H16N6O2/c1-10(16(18)23)22-6-5-13(21-22)14-8-15(20-9-19-14)24-12-4-2-3-11(17)7-12/h2-10H,17H2,1H3,(H2,18,23). The maximum atomic E-state index is 11.2. The molecule has 8 nitrogen and oxygen atoms in total. The number of nitrogens with two attached hydrogens (primary N) is 2. The first-order chi connectivity index (χ1) is 11.5. The van der Waals surface area contributed by atoms with Gasteiger partial charge in [0, 0.05) is 24.0 Å². The van der Waals surface area contributed by atoms with Crippen molar-refractivity contribution in [2.75, 3.05) is 5.73 Å². The summed E-state index contributed by atoms with van der Waals surface area (Å²) in [6, 6.07) is 9.90. The minimum atomic E-state index is -0.538. The molecule has 3 aromatic rings. The molecule has 8 heteroatoms. The van der Waals surface area contributed by atoms with Gasteiger partial charge in [0.1, 0.15) is 23.8 Å². The molecule has 122 valence electrons. The Morgan fingerprint density at radius 1 is 1.21 bits per heavy atom. The van der Waals surface area contributed by atoms with Crippen molar-refractivity contribution in [3.05, 3.63) is 48.9 Å². The summed E-state index contributed by atoms with van der Waals surface area (Å²) >= 11 is 0. The van der Waals surface area contributed by atoms with Crippen LogP contribution in [0.4, 0.5) is 5.69 Å². The van der Waals surface area contributed by atoms with Crippen LogP contribution in [0.2, 0.25) is 0 Å². The SMILES string of the molecule is CC(C(N)=O)n1ccc(-c2cc(Oc3cccc(N)c3)ncn2)n1. The van der Waals surface area contributed by atoms with Crippen molar-refractivity contribution in [3.8, 4) is 23.0 Å². The molecule has 4 N–H and O–H groups in total. The molecule has 0 aliphatic carbocycles. The molecule has 1 unspecified atom stereocenters. The number of primary amides is 1. The zero-order valence-electron chi connectivity index (χ0n) is 13.0. The summed E-state index contributed by atoms with van der Waals surface area (Å²) in [7, 11) is 0. The van der Waals surface area contributed by atoms with Crippen molar-refractivity contribution in [2.45, 2.75) is 13.0 Å². The third-order valence-electron chi connectivity index (χ3n) is 3.40. The molecule has 2 heterocycles. The summed E-state index contributed by atoms with van der Waals surface area (Å²) in [5.41, 5.74) is 12.8. The van der Waals surface area contributed by atoms with Crippen LogP contribution in [0.15, 0.2) is 48.9 Å². The van der Waals surface area contributed by atoms with Gasteiger partial charge < -0.3 is 16.2 Å². The largest absolute Gasteiger partial charge is 0.439 e. The molecule has 1 atom stereocenters. The Hall–Kier alpha value is -3.42. The minimum absolute atomic E-state index is 0.364. The topological polar surface area (TPSA) is 122 Å². The van der Waals surface area contributed by atoms with E-state index in [0.29, 0.717) is 28.7 Å². The first kappa shape index (κ1) is 15.5. The van der Waals surface area contributed by atoms with Gasteiger partial charge in [-0.15, -0.1) is 0 Å². The molecule has 0 spiro atoms. The molecule has 0 radical (unpaired) electrons. The van der Waals surface area contributed by atoms with E-state index in [0.717, 1.165) is 0 Å². The Kier molecular flexibility index (Phi) is 4.11. The normalized spacial score (nSPS) is 11.9. The number of nitrogen functional groups attached to an aromatic ring is 1. The number of carbonyl (C=O) groups is 1. The molecule has 2 aromatic heterocycles. The van der Waals surface area contributed by atoms with Crippen LogP contribution >= 0.6 is 0 Å². The Morgan fingerprint density at radius 2 is 2.04 bits per heavy atom. The van der Waals surface area contributed by atoms with Gasteiger partial charge in [-0.05, 0) is 25.1 Å². The van der Waals surface area contributed by atoms with E-state index >= 15 is 0 Å². The number of nitrogens with zero attached hydrogens (tertiary/aromatic N) is 4. The van der Waals surface area contributed by atoms with Crippen LogP contribution in [0.1, 0.15) is 13.0 Å². The number of hydrogen-bond acceptors (Lipinski definition) is 6. The van der Waals surface area contributed by atoms with E-state index in [2.05, 4.69) is 15.1 Å². The molecule has 0 saturated carbocycles. The Balaban J connectivity index is 1.84. The van der Waals surface area contributed by atoms with Gasteiger partial charge in [-0.25, -0.2) is 9.97 Å². The number of rotatable bonds is 5. The van der Waals surface area contributed by atoms with Crippen LogP contribution in [-0.2, 0) is 4.79 Å². The molecule has 0 saturated heterocycles. The van der Waals surface area contributed by atoms with Crippen LogP contribution in [0.5, 0.6) is 11.6 Å². The van der Waals surface area contributed by atoms with E-state index < -0.39 is 11.9 Å². The summed E-state index contributed by atoms with van der Waals surface area (Å²) in [5, 5.41) is 4.31. The average Bonchev–Trinajstić information content (AvgIpc) is 3.04. The maximum Gasteiger partial charge on any atom is 0.241 e. The molecular weight excluding hydrogens is 308 g/mol. The van der Waals surface area contributed by atoms with Gasteiger partial charge in [-0.1, -0.05) is 6.07 Å². The van der Waals surface area contributed by atoms with Gasteiger partial charge in [0.15, 0.2) is 0 Å². The van der Waals surface area contributed by atoms with E-state index in [1.807, 2.05) is 0 Å². The van der Waals surface area contributed by atoms with Crippen LogP contribution in [0.3, 0.4) is 0 Å². The van der Waals surface area contributed by atoms with Gasteiger partial charge in [-0.2, -0.15) is 5.10 Å². The predicted octanol–water partition coefficient (Wildman–Crippen LogP) is 1.76. The number of anilines is 1. The summed E-state index contributed by atoms with van der Waals surface area (Å²) < 4.78 is 7.16. The molecule has 0 fully saturated rings. The first-order valence-electron chi connectivity index (χ1n) is 7.23. The van der Waals surface area contributed by atoms with Gasteiger partial charge in [0.2, 0.25) is 11.8 Å². The minimum Gasteiger partial charge on any atom is -0.439 e. The van der Waals surface area contributed by atoms with Gasteiger partial charge in [0.05, 0.1) is 5.69 Å². The zero-order chi connectivity index (χ0) is 17.1. The van der Waals surface area contributed by atoms with E-state index in [4.69, 9.17) is 16.2 Å². The highest BCUT2D eigenvalue weighted by Crippen LogP contribution is 2.24. The molecule has 1 amide bonds. The number of carbonyl (C=O) groups excluding carboxylic acids is 1. The summed E-state index contributed by atoms with van der Waals surface area (Å²) in [6.45, 7) is 1.67. The lowest BCUT2D eigenvalue weighted by molar-refractivity contribution is -0.120. The lowest BCUT2D eigenvalue weighted by Gasteiger charge is -2.07. The lowest BCUT2D eigenvalue weighted by Crippen LogP contribution is -2.24. The Labute approximate surface area is 138 Å². The van der Waals surface area contributed by atoms with Crippen molar-refractivity contribution in [1.29, 1.82) is 0 Å². The van der Waals surface area contributed by atoms with Crippen molar-refractivity contribution in [1.82, 2.24) is 19.7 Å². The zero-order valence-corrected chi connectivity index (χ0v) is 13.0. The second kappa shape index (κ2) is 6.37. The quantitative estimate of drug-likeness (QED) is 0.690. The Bertz CT molecular complexity index is 876. The van der Waals surface area contributed by atoms with Crippen LogP contribution in [-0.4, -0.2) is 25.7 Å². The smallest absolute Gasteiger partial charge is 0.241 e. The Morgan fingerprint density at radius 3 is 2.79 bits per heavy atom. The third kappa shape index (κ3) is 3.32. The summed E-state index contributed by atoms with van der Waals surface area (Å²) in [4.78, 5) is 19.5. The van der Waals surface area contributed by atoms with Gasteiger partial charge in [0.25, 0.3) is 0 Å². The van der Waals surface area contributed by atoms with E-state index in [-0.39, 0.29) is 0 Å². The average molecular weight is 324 g/mol. The molecule has 0 aliphatic rings. The van der Waals surface area contributed by atoms with E-state index in [1.165, 1.54) is 11.0 Å². The van der Waals surface area contributed by atoms with E-state index in [9.17, 15) is 4.79 Å². The van der Waals surface area contributed by atoms with E-state index in [1.54, 1.807) is 49.5 Å². The maximum absolute atomic E-state index is 11.2. The summed E-state index contributed by atoms with van der Waals surface area (Å²) in [6.07, 6.45) is 3.05. The van der Waals surface area contributed by atoms with Crippen molar-refractivity contribution in [2.24, 2.45) is 5.73 Å². The third-order valence-corrected chi connectivity index (χ3v) is 3.40. The molecule has 1 aromatic carbocycles. The van der Waals surface area contributed by atoms with Crippen LogP contribution in [0, 0.1) is 0 Å². The molecule has 0 aliphatic heterocycles. The van der Waals surface area contributed by atoms with Crippen molar-refractivity contribution in [3.63, 3.8) is 0 Å². The highest BCUT2D eigenvalue weighted by atomic mass is 16.5. The number of hydrogen-bond donors (Lipinski definition) is 2. The molecule has 3 rings (SSSR count). The fourth-order valence-electron chi connectivity index (χ4n) is 2.05. The first-order valence-corrected chi connectivity index (χ1v) is 7.23. The second-order valence-corrected chi connectivity index (χ2v) is 5.18. The second-order valence-electron chi connectivity index (χ2n) is 5.18. The fraction of sp³-hybridized carbons (Fsp3) is 0.125. The number of amides is 1. The van der Waals surface area contributed by atoms with Crippen LogP contribution < -0.4 is 16.2 Å². The van der Waals surface area contributed by atoms with Gasteiger partial charge >= 0.3 is 0 Å². The fourth-order valence-corrected chi connectivity index (χ4v) is 2.05. The van der Waals surface area contributed by atoms with Crippen molar-refractivity contribution >= 4 is 11.6 Å². The monoisotopic (exact) mass is 324 g/mol. The molecule has 0 bridgehead atoms. The number of ether oxygens (including phenoxy) is 1. The highest BCUT2D eigenvalue weighted by molar-refractivity contribution is 5.77. The highest BCUT2D eigenvalue weighted by Gasteiger charge is 2.14. The van der Waals surface area contributed by atoms with Gasteiger partial charge in [-0.3, -0.25) is 9.48 Å². The van der Waals surface area contributed by atoms with Crippen LogP contribution in [0.25, 0.3) is 11.4 Å². The van der Waals surface area contributed by atoms with Crippen molar-refractivity contribution < 1.29 is 9.53 Å². The lowest BCUT2D eigenvalue weighted by atomic mass is 10.3. The molecular formula is C16H16N6O2. The predicted molar refractivity (Wildman–Crippen MR) is 88.1 cm³/mol.